The van der Waals surface area contributed by atoms with Crippen LogP contribution in [0, 0.1) is 0 Å². The Balaban J connectivity index is 2.03. The number of quaternary nitrogens is 1. The summed E-state index contributed by atoms with van der Waals surface area (Å²) in [6.07, 6.45) is -0.518. The first kappa shape index (κ1) is 17.4. The van der Waals surface area contributed by atoms with Crippen LogP contribution in [0.25, 0.3) is 0 Å². The number of aliphatic hydroxyl groups excluding tert-OH is 2. The Kier molecular flexibility index (Phi) is 9.57. The number of halogens is 1. The van der Waals surface area contributed by atoms with Crippen molar-refractivity contribution in [2.45, 2.75) is 12.7 Å². The first-order valence-electron chi connectivity index (χ1n) is 6.73. The van der Waals surface area contributed by atoms with Crippen molar-refractivity contribution in [1.82, 2.24) is 0 Å². The van der Waals surface area contributed by atoms with Gasteiger partial charge in [0, 0.05) is 5.02 Å². The lowest BCUT2D eigenvalue weighted by Crippen LogP contribution is -2.87. The van der Waals surface area contributed by atoms with Crippen molar-refractivity contribution in [2.24, 2.45) is 0 Å². The van der Waals surface area contributed by atoms with Gasteiger partial charge in [-0.3, -0.25) is 0 Å². The van der Waals surface area contributed by atoms with Crippen molar-refractivity contribution in [3.05, 3.63) is 34.9 Å². The summed E-state index contributed by atoms with van der Waals surface area (Å²) in [5.74, 6) is 0. The molecule has 0 aliphatic rings. The Hall–Kier alpha value is -0.690. The summed E-state index contributed by atoms with van der Waals surface area (Å²) >= 11 is 6.00. The topological polar surface area (TPSA) is 75.5 Å². The molecule has 0 radical (unpaired) electrons. The van der Waals surface area contributed by atoms with E-state index in [9.17, 15) is 5.11 Å². The Morgan fingerprint density at radius 3 is 2.75 bits per heavy atom. The number of ether oxygens (including phenoxy) is 2. The van der Waals surface area contributed by atoms with E-state index in [4.69, 9.17) is 26.2 Å². The lowest BCUT2D eigenvalue weighted by Gasteiger charge is -2.11. The summed E-state index contributed by atoms with van der Waals surface area (Å²) in [6.45, 7) is 2.95. The van der Waals surface area contributed by atoms with E-state index in [1.807, 2.05) is 29.6 Å². The molecule has 0 amide bonds. The van der Waals surface area contributed by atoms with Crippen LogP contribution in [0.5, 0.6) is 0 Å². The highest BCUT2D eigenvalue weighted by atomic mass is 35.5. The van der Waals surface area contributed by atoms with Crippen molar-refractivity contribution in [3.8, 4) is 0 Å². The summed E-state index contributed by atoms with van der Waals surface area (Å²) in [5, 5.41) is 20.9. The number of nitrogens with two attached hydrogens (primary N) is 1. The van der Waals surface area contributed by atoms with Gasteiger partial charge in [-0.1, -0.05) is 29.8 Å². The molecule has 0 saturated heterocycles. The average molecular weight is 305 g/mol. The molecule has 0 aliphatic heterocycles. The minimum atomic E-state index is -0.518. The third-order valence-corrected chi connectivity index (χ3v) is 3.04. The quantitative estimate of drug-likeness (QED) is 0.495. The van der Waals surface area contributed by atoms with E-state index < -0.39 is 6.10 Å². The molecule has 1 atom stereocenters. The highest BCUT2D eigenvalue weighted by Gasteiger charge is 2.07. The van der Waals surface area contributed by atoms with Gasteiger partial charge in [0.05, 0.1) is 39.6 Å². The van der Waals surface area contributed by atoms with Crippen LogP contribution in [0.3, 0.4) is 0 Å². The van der Waals surface area contributed by atoms with Crippen molar-refractivity contribution in [1.29, 1.82) is 0 Å². The summed E-state index contributed by atoms with van der Waals surface area (Å²) in [6, 6.07) is 7.49. The van der Waals surface area contributed by atoms with Gasteiger partial charge in [0.1, 0.15) is 12.6 Å². The molecule has 0 aromatic heterocycles. The third-order valence-electron chi connectivity index (χ3n) is 2.67. The molecule has 114 valence electrons. The highest BCUT2D eigenvalue weighted by Crippen LogP contribution is 2.15. The fourth-order valence-corrected chi connectivity index (χ4v) is 1.82. The van der Waals surface area contributed by atoms with E-state index >= 15 is 0 Å². The maximum Gasteiger partial charge on any atom is 0.126 e. The van der Waals surface area contributed by atoms with Gasteiger partial charge in [0.15, 0.2) is 0 Å². The summed E-state index contributed by atoms with van der Waals surface area (Å²) < 4.78 is 10.5. The van der Waals surface area contributed by atoms with E-state index in [2.05, 4.69) is 0 Å². The molecule has 4 N–H and O–H groups in total. The molecular formula is C14H23ClNO4+. The molecular weight excluding hydrogens is 282 g/mol. The molecule has 0 spiro atoms. The van der Waals surface area contributed by atoms with Crippen LogP contribution in [0.4, 0.5) is 0 Å². The molecule has 0 heterocycles. The molecule has 1 aromatic rings. The Morgan fingerprint density at radius 2 is 2.00 bits per heavy atom. The van der Waals surface area contributed by atoms with Gasteiger partial charge in [-0.05, 0) is 11.6 Å². The predicted molar refractivity (Wildman–Crippen MR) is 76.7 cm³/mol. The standard InChI is InChI=1S/C14H22ClNO4/c15-14-4-2-1-3-12(14)10-20-11-13(18)9-16-5-7-19-8-6-17/h1-4,13,16-18H,5-11H2/p+1/t13-/m0/s1. The number of aliphatic hydroxyl groups is 2. The van der Waals surface area contributed by atoms with Crippen LogP contribution in [0.15, 0.2) is 24.3 Å². The zero-order valence-corrected chi connectivity index (χ0v) is 12.3. The third kappa shape index (κ3) is 7.79. The number of rotatable bonds is 11. The van der Waals surface area contributed by atoms with Crippen molar-refractivity contribution in [3.63, 3.8) is 0 Å². The molecule has 5 nitrogen and oxygen atoms in total. The number of hydrogen-bond donors (Lipinski definition) is 3. The van der Waals surface area contributed by atoms with Crippen LogP contribution in [-0.2, 0) is 16.1 Å². The van der Waals surface area contributed by atoms with Gasteiger partial charge in [-0.2, -0.15) is 0 Å². The summed E-state index contributed by atoms with van der Waals surface area (Å²) in [5.41, 5.74) is 0.919. The number of benzene rings is 1. The second-order valence-electron chi connectivity index (χ2n) is 4.41. The van der Waals surface area contributed by atoms with Crippen LogP contribution in [0.2, 0.25) is 5.02 Å². The van der Waals surface area contributed by atoms with Gasteiger partial charge >= 0.3 is 0 Å². The second-order valence-corrected chi connectivity index (χ2v) is 4.82. The van der Waals surface area contributed by atoms with Crippen LogP contribution >= 0.6 is 11.6 Å². The second kappa shape index (κ2) is 11.0. The zero-order valence-electron chi connectivity index (χ0n) is 11.5. The first-order chi connectivity index (χ1) is 9.74. The van der Waals surface area contributed by atoms with Crippen LogP contribution in [0.1, 0.15) is 5.56 Å². The average Bonchev–Trinajstić information content (AvgIpc) is 2.45. The Labute approximate surface area is 124 Å². The van der Waals surface area contributed by atoms with E-state index in [1.54, 1.807) is 0 Å². The Morgan fingerprint density at radius 1 is 1.20 bits per heavy atom. The van der Waals surface area contributed by atoms with Crippen molar-refractivity contribution < 1.29 is 25.0 Å². The smallest absolute Gasteiger partial charge is 0.126 e. The van der Waals surface area contributed by atoms with E-state index in [1.165, 1.54) is 0 Å². The summed E-state index contributed by atoms with van der Waals surface area (Å²) in [4.78, 5) is 0. The van der Waals surface area contributed by atoms with Crippen molar-refractivity contribution in [2.75, 3.05) is 39.5 Å². The predicted octanol–water partition coefficient (Wildman–Crippen LogP) is -0.210. The Bertz CT molecular complexity index is 365. The minimum Gasteiger partial charge on any atom is -0.394 e. The molecule has 1 rings (SSSR count). The molecule has 0 unspecified atom stereocenters. The van der Waals surface area contributed by atoms with Crippen LogP contribution in [-0.4, -0.2) is 55.8 Å². The lowest BCUT2D eigenvalue weighted by molar-refractivity contribution is -0.662. The van der Waals surface area contributed by atoms with E-state index in [-0.39, 0.29) is 13.2 Å². The fourth-order valence-electron chi connectivity index (χ4n) is 1.63. The molecule has 0 bridgehead atoms. The summed E-state index contributed by atoms with van der Waals surface area (Å²) in [7, 11) is 0. The van der Waals surface area contributed by atoms with Gasteiger partial charge in [-0.25, -0.2) is 0 Å². The molecule has 20 heavy (non-hydrogen) atoms. The monoisotopic (exact) mass is 304 g/mol. The van der Waals surface area contributed by atoms with Crippen LogP contribution < -0.4 is 5.32 Å². The molecule has 6 heteroatoms. The first-order valence-corrected chi connectivity index (χ1v) is 7.11. The van der Waals surface area contributed by atoms with E-state index in [0.29, 0.717) is 31.4 Å². The highest BCUT2D eigenvalue weighted by molar-refractivity contribution is 6.31. The minimum absolute atomic E-state index is 0.0402. The SMILES string of the molecule is OCCOCC[NH2+]C[C@H](O)COCc1ccccc1Cl. The largest absolute Gasteiger partial charge is 0.394 e. The molecule has 0 aliphatic carbocycles. The maximum absolute atomic E-state index is 9.73. The fraction of sp³-hybridized carbons (Fsp3) is 0.571. The van der Waals surface area contributed by atoms with Gasteiger partial charge in [0.2, 0.25) is 0 Å². The molecule has 1 aromatic carbocycles. The lowest BCUT2D eigenvalue weighted by atomic mass is 10.2. The molecule has 0 saturated carbocycles. The number of hydrogen-bond acceptors (Lipinski definition) is 4. The van der Waals surface area contributed by atoms with Gasteiger partial charge in [0.25, 0.3) is 0 Å². The normalized spacial score (nSPS) is 12.6. The van der Waals surface area contributed by atoms with Gasteiger partial charge in [-0.15, -0.1) is 0 Å². The van der Waals surface area contributed by atoms with E-state index in [0.717, 1.165) is 12.1 Å². The van der Waals surface area contributed by atoms with Crippen molar-refractivity contribution >= 4 is 11.6 Å². The molecule has 0 fully saturated rings. The zero-order chi connectivity index (χ0) is 14.6. The van der Waals surface area contributed by atoms with Gasteiger partial charge < -0.3 is 25.0 Å². The maximum atomic E-state index is 9.73.